The van der Waals surface area contributed by atoms with Crippen molar-refractivity contribution in [3.05, 3.63) is 0 Å². The van der Waals surface area contributed by atoms with Crippen LogP contribution < -0.4 is 0 Å². The molecule has 0 N–H and O–H groups in total. The van der Waals surface area contributed by atoms with Crippen LogP contribution in [0.4, 0.5) is 0 Å². The topological polar surface area (TPSA) is 52.6 Å². The molecule has 0 radical (unpaired) electrons. The summed E-state index contributed by atoms with van der Waals surface area (Å²) in [7, 11) is 0. The van der Waals surface area contributed by atoms with Crippen LogP contribution in [0.5, 0.6) is 0 Å². The predicted molar refractivity (Wildman–Crippen MR) is 153 cm³/mol. The first-order chi connectivity index (χ1) is 17.5. The van der Waals surface area contributed by atoms with E-state index < -0.39 is 0 Å². The third-order valence-electron chi connectivity index (χ3n) is 7.70. The van der Waals surface area contributed by atoms with E-state index in [1.165, 1.54) is 83.5 Å². The van der Waals surface area contributed by atoms with Gasteiger partial charge < -0.3 is 9.47 Å². The number of esters is 2. The van der Waals surface area contributed by atoms with Crippen molar-refractivity contribution in [1.29, 1.82) is 0 Å². The van der Waals surface area contributed by atoms with E-state index in [-0.39, 0.29) is 17.9 Å². The first-order valence-electron chi connectivity index (χ1n) is 15.8. The van der Waals surface area contributed by atoms with Gasteiger partial charge >= 0.3 is 11.9 Å². The zero-order valence-electron chi connectivity index (χ0n) is 24.9. The average Bonchev–Trinajstić information content (AvgIpc) is 2.89. The lowest BCUT2D eigenvalue weighted by molar-refractivity contribution is -0.149. The Morgan fingerprint density at radius 2 is 1.00 bits per heavy atom. The summed E-state index contributed by atoms with van der Waals surface area (Å²) in [5.41, 5.74) is 0. The van der Waals surface area contributed by atoms with E-state index >= 15 is 0 Å². The van der Waals surface area contributed by atoms with Gasteiger partial charge in [0, 0.05) is 6.42 Å². The van der Waals surface area contributed by atoms with Crippen molar-refractivity contribution in [3.63, 3.8) is 0 Å². The molecule has 3 atom stereocenters. The molecular formula is C32H62O4. The number of rotatable bonds is 26. The molecule has 0 aliphatic rings. The SMILES string of the molecule is CCCCC(CC)COC(=O)CCCCCCCCCCCCC(C)C(=O)OCC(CC)CCCC. The minimum atomic E-state index is -0.00958. The molecule has 4 heteroatoms. The molecule has 0 amide bonds. The third kappa shape index (κ3) is 21.1. The van der Waals surface area contributed by atoms with E-state index in [1.807, 2.05) is 6.92 Å². The Hall–Kier alpha value is -1.06. The Balaban J connectivity index is 3.54. The van der Waals surface area contributed by atoms with Gasteiger partial charge in [0.25, 0.3) is 0 Å². The predicted octanol–water partition coefficient (Wildman–Crippen LogP) is 9.82. The summed E-state index contributed by atoms with van der Waals surface area (Å²) >= 11 is 0. The van der Waals surface area contributed by atoms with Gasteiger partial charge in [-0.25, -0.2) is 0 Å². The van der Waals surface area contributed by atoms with Crippen molar-refractivity contribution in [1.82, 2.24) is 0 Å². The molecule has 0 aromatic heterocycles. The molecule has 214 valence electrons. The maximum atomic E-state index is 12.2. The van der Waals surface area contributed by atoms with Crippen LogP contribution in [0.25, 0.3) is 0 Å². The molecule has 0 rings (SSSR count). The van der Waals surface area contributed by atoms with Crippen LogP contribution in [0.15, 0.2) is 0 Å². The molecule has 3 unspecified atom stereocenters. The Bertz CT molecular complexity index is 504. The second kappa shape index (κ2) is 25.6. The van der Waals surface area contributed by atoms with Gasteiger partial charge in [0.1, 0.15) is 0 Å². The Morgan fingerprint density at radius 3 is 1.47 bits per heavy atom. The van der Waals surface area contributed by atoms with E-state index in [9.17, 15) is 9.59 Å². The summed E-state index contributed by atoms with van der Waals surface area (Å²) in [4.78, 5) is 24.2. The summed E-state index contributed by atoms with van der Waals surface area (Å²) in [6, 6.07) is 0. The van der Waals surface area contributed by atoms with Gasteiger partial charge in [-0.2, -0.15) is 0 Å². The summed E-state index contributed by atoms with van der Waals surface area (Å²) in [5, 5.41) is 0. The van der Waals surface area contributed by atoms with E-state index in [4.69, 9.17) is 9.47 Å². The number of hydrogen-bond donors (Lipinski definition) is 0. The molecule has 4 nitrogen and oxygen atoms in total. The molecule has 0 saturated carbocycles. The van der Waals surface area contributed by atoms with Crippen LogP contribution in [-0.2, 0) is 19.1 Å². The Kier molecular flexibility index (Phi) is 24.8. The lowest BCUT2D eigenvalue weighted by Gasteiger charge is -2.17. The van der Waals surface area contributed by atoms with Crippen LogP contribution in [0.3, 0.4) is 0 Å². The zero-order chi connectivity index (χ0) is 26.9. The van der Waals surface area contributed by atoms with Gasteiger partial charge in [0.05, 0.1) is 19.1 Å². The van der Waals surface area contributed by atoms with Crippen LogP contribution in [0.2, 0.25) is 0 Å². The molecule has 0 spiro atoms. The molecule has 0 aromatic rings. The average molecular weight is 511 g/mol. The van der Waals surface area contributed by atoms with Gasteiger partial charge in [0.2, 0.25) is 0 Å². The zero-order valence-corrected chi connectivity index (χ0v) is 24.9. The number of carbonyl (C=O) groups is 2. The van der Waals surface area contributed by atoms with E-state index in [2.05, 4.69) is 27.7 Å². The smallest absolute Gasteiger partial charge is 0.308 e. The highest BCUT2D eigenvalue weighted by Gasteiger charge is 2.16. The minimum Gasteiger partial charge on any atom is -0.465 e. The van der Waals surface area contributed by atoms with Gasteiger partial charge in [-0.05, 0) is 37.5 Å². The van der Waals surface area contributed by atoms with Crippen LogP contribution in [0, 0.1) is 17.8 Å². The third-order valence-corrected chi connectivity index (χ3v) is 7.70. The van der Waals surface area contributed by atoms with Crippen LogP contribution in [-0.4, -0.2) is 25.2 Å². The standard InChI is InChI=1S/C32H62O4/c1-6-10-23-29(8-3)26-35-31(33)25-21-19-17-15-13-12-14-16-18-20-22-28(5)32(34)36-27-30(9-4)24-11-7-2/h28-30H,6-27H2,1-5H3. The number of unbranched alkanes of at least 4 members (excludes halogenated alkanes) is 11. The molecule has 0 fully saturated rings. The van der Waals surface area contributed by atoms with E-state index in [0.717, 1.165) is 38.5 Å². The fourth-order valence-electron chi connectivity index (χ4n) is 4.67. The highest BCUT2D eigenvalue weighted by molar-refractivity contribution is 5.71. The lowest BCUT2D eigenvalue weighted by atomic mass is 10.00. The molecule has 36 heavy (non-hydrogen) atoms. The number of carbonyl (C=O) groups excluding carboxylic acids is 2. The van der Waals surface area contributed by atoms with Crippen molar-refractivity contribution in [2.24, 2.45) is 17.8 Å². The summed E-state index contributed by atoms with van der Waals surface area (Å²) in [6.45, 7) is 12.0. The Morgan fingerprint density at radius 1 is 0.556 bits per heavy atom. The molecule has 0 heterocycles. The van der Waals surface area contributed by atoms with Crippen molar-refractivity contribution < 1.29 is 19.1 Å². The number of hydrogen-bond acceptors (Lipinski definition) is 4. The molecular weight excluding hydrogens is 448 g/mol. The maximum absolute atomic E-state index is 12.2. The second-order valence-corrected chi connectivity index (χ2v) is 11.1. The molecule has 0 aliphatic carbocycles. The summed E-state index contributed by atoms with van der Waals surface area (Å²) in [5.74, 6) is 1.07. The first kappa shape index (κ1) is 34.9. The highest BCUT2D eigenvalue weighted by Crippen LogP contribution is 2.18. The van der Waals surface area contributed by atoms with E-state index in [0.29, 0.717) is 31.5 Å². The lowest BCUT2D eigenvalue weighted by Crippen LogP contribution is -2.19. The van der Waals surface area contributed by atoms with Gasteiger partial charge in [-0.3, -0.25) is 9.59 Å². The van der Waals surface area contributed by atoms with Gasteiger partial charge in [0.15, 0.2) is 0 Å². The van der Waals surface area contributed by atoms with Crippen molar-refractivity contribution in [2.45, 2.75) is 163 Å². The van der Waals surface area contributed by atoms with Crippen molar-refractivity contribution >= 4 is 11.9 Å². The van der Waals surface area contributed by atoms with Gasteiger partial charge in [-0.1, -0.05) is 131 Å². The molecule has 0 aliphatic heterocycles. The quantitative estimate of drug-likeness (QED) is 0.0858. The Labute approximate surface area is 225 Å². The fourth-order valence-corrected chi connectivity index (χ4v) is 4.67. The first-order valence-corrected chi connectivity index (χ1v) is 15.8. The maximum Gasteiger partial charge on any atom is 0.308 e. The van der Waals surface area contributed by atoms with E-state index in [1.54, 1.807) is 0 Å². The fraction of sp³-hybridized carbons (Fsp3) is 0.938. The summed E-state index contributed by atoms with van der Waals surface area (Å²) in [6.07, 6.45) is 23.0. The van der Waals surface area contributed by atoms with Gasteiger partial charge in [-0.15, -0.1) is 0 Å². The van der Waals surface area contributed by atoms with Crippen LogP contribution >= 0.6 is 0 Å². The second-order valence-electron chi connectivity index (χ2n) is 11.1. The molecule has 0 saturated heterocycles. The molecule has 0 aromatic carbocycles. The largest absolute Gasteiger partial charge is 0.465 e. The normalized spacial score (nSPS) is 13.8. The van der Waals surface area contributed by atoms with Crippen LogP contribution in [0.1, 0.15) is 163 Å². The summed E-state index contributed by atoms with van der Waals surface area (Å²) < 4.78 is 11.1. The number of ether oxygens (including phenoxy) is 2. The minimum absolute atomic E-state index is 0.00432. The van der Waals surface area contributed by atoms with Crippen molar-refractivity contribution in [2.75, 3.05) is 13.2 Å². The van der Waals surface area contributed by atoms with Crippen molar-refractivity contribution in [3.8, 4) is 0 Å². The monoisotopic (exact) mass is 510 g/mol. The highest BCUT2D eigenvalue weighted by atomic mass is 16.5. The molecule has 0 bridgehead atoms.